The second kappa shape index (κ2) is 6.99. The van der Waals surface area contributed by atoms with Gasteiger partial charge in [-0.3, -0.25) is 0 Å². The van der Waals surface area contributed by atoms with Gasteiger partial charge in [-0.2, -0.15) is 8.78 Å². The maximum absolute atomic E-state index is 12.1. The highest BCUT2D eigenvalue weighted by molar-refractivity contribution is 7.80. The number of ether oxygens (including phenoxy) is 1. The third-order valence-electron chi connectivity index (χ3n) is 5.13. The molecule has 1 aromatic carbocycles. The highest BCUT2D eigenvalue weighted by Crippen LogP contribution is 2.49. The molecule has 3 nitrogen and oxygen atoms in total. The zero-order chi connectivity index (χ0) is 16.4. The third kappa shape index (κ3) is 4.10. The van der Waals surface area contributed by atoms with E-state index in [1.54, 1.807) is 12.1 Å². The highest BCUT2D eigenvalue weighted by atomic mass is 32.1. The van der Waals surface area contributed by atoms with Crippen LogP contribution in [0.2, 0.25) is 0 Å². The lowest BCUT2D eigenvalue weighted by Crippen LogP contribution is -2.42. The molecule has 0 radical (unpaired) electrons. The zero-order valence-electron chi connectivity index (χ0n) is 13.1. The van der Waals surface area contributed by atoms with Gasteiger partial charge in [-0.05, 0) is 80.4 Å². The van der Waals surface area contributed by atoms with E-state index in [0.717, 1.165) is 17.5 Å². The van der Waals surface area contributed by atoms with Crippen molar-refractivity contribution in [3.8, 4) is 5.75 Å². The topological polar surface area (TPSA) is 33.3 Å². The van der Waals surface area contributed by atoms with Crippen molar-refractivity contribution in [3.63, 3.8) is 0 Å². The summed E-state index contributed by atoms with van der Waals surface area (Å²) >= 11 is 5.36. The summed E-state index contributed by atoms with van der Waals surface area (Å²) < 4.78 is 28.6. The van der Waals surface area contributed by atoms with Crippen LogP contribution < -0.4 is 15.4 Å². The predicted octanol–water partition coefficient (Wildman–Crippen LogP) is 4.40. The molecule has 2 aliphatic carbocycles. The van der Waals surface area contributed by atoms with E-state index in [0.29, 0.717) is 17.1 Å². The number of nitrogens with one attached hydrogen (secondary N) is 2. The lowest BCUT2D eigenvalue weighted by molar-refractivity contribution is -0.0498. The molecule has 1 aromatic rings. The van der Waals surface area contributed by atoms with Gasteiger partial charge in [0.2, 0.25) is 0 Å². The lowest BCUT2D eigenvalue weighted by atomic mass is 9.84. The molecule has 2 fully saturated rings. The highest BCUT2D eigenvalue weighted by Gasteiger charge is 2.41. The number of hydrogen-bond acceptors (Lipinski definition) is 2. The molecule has 0 heterocycles. The Hall–Kier alpha value is -1.43. The minimum atomic E-state index is -2.81. The molecule has 0 amide bonds. The fourth-order valence-corrected chi connectivity index (χ4v) is 4.41. The van der Waals surface area contributed by atoms with Gasteiger partial charge in [-0.1, -0.05) is 6.42 Å². The van der Waals surface area contributed by atoms with Crippen LogP contribution >= 0.6 is 12.2 Å². The predicted molar refractivity (Wildman–Crippen MR) is 90.8 cm³/mol. The molecule has 0 aromatic heterocycles. The smallest absolute Gasteiger partial charge is 0.387 e. The Bertz CT molecular complexity index is 552. The minimum absolute atomic E-state index is 0.139. The first-order chi connectivity index (χ1) is 11.0. The van der Waals surface area contributed by atoms with E-state index in [9.17, 15) is 8.78 Å². The molecule has 2 aliphatic rings. The largest absolute Gasteiger partial charge is 0.435 e. The van der Waals surface area contributed by atoms with E-state index < -0.39 is 6.61 Å². The Morgan fingerprint density at radius 2 is 1.96 bits per heavy atom. The van der Waals surface area contributed by atoms with Crippen LogP contribution in [0.4, 0.5) is 14.5 Å². The van der Waals surface area contributed by atoms with Crippen molar-refractivity contribution in [1.82, 2.24) is 5.32 Å². The van der Waals surface area contributed by atoms with Crippen LogP contribution in [0.15, 0.2) is 24.3 Å². The third-order valence-corrected chi connectivity index (χ3v) is 5.35. The summed E-state index contributed by atoms with van der Waals surface area (Å²) in [5.41, 5.74) is 0.754. The summed E-state index contributed by atoms with van der Waals surface area (Å²) in [4.78, 5) is 0. The van der Waals surface area contributed by atoms with Gasteiger partial charge in [0.15, 0.2) is 5.11 Å². The van der Waals surface area contributed by atoms with Crippen LogP contribution in [-0.4, -0.2) is 17.8 Å². The fourth-order valence-electron chi connectivity index (χ4n) is 4.11. The standard InChI is InChI=1S/C17H22F2N2OS/c1-10(15-9-11-2-3-12(15)8-11)20-17(23)21-13-4-6-14(7-5-13)22-16(18)19/h4-7,10-12,15-16H,2-3,8-9H2,1H3,(H2,20,21,23)/t10-,11+,12+,15-/m1/s1. The molecular formula is C17H22F2N2OS. The number of thiocarbonyl (C=S) groups is 1. The van der Waals surface area contributed by atoms with Crippen LogP contribution in [0.1, 0.15) is 32.6 Å². The molecule has 6 heteroatoms. The van der Waals surface area contributed by atoms with Gasteiger partial charge in [-0.15, -0.1) is 0 Å². The van der Waals surface area contributed by atoms with Gasteiger partial charge in [0.05, 0.1) is 0 Å². The number of rotatable bonds is 5. The number of hydrogen-bond donors (Lipinski definition) is 2. The van der Waals surface area contributed by atoms with Crippen molar-refractivity contribution in [2.45, 2.75) is 45.3 Å². The van der Waals surface area contributed by atoms with Crippen LogP contribution in [0.5, 0.6) is 5.75 Å². The molecule has 0 unspecified atom stereocenters. The summed E-state index contributed by atoms with van der Waals surface area (Å²) in [7, 11) is 0. The maximum Gasteiger partial charge on any atom is 0.387 e. The van der Waals surface area contributed by atoms with Crippen molar-refractivity contribution >= 4 is 23.0 Å². The Morgan fingerprint density at radius 1 is 1.22 bits per heavy atom. The zero-order valence-corrected chi connectivity index (χ0v) is 13.9. The first-order valence-corrected chi connectivity index (χ1v) is 8.54. The Balaban J connectivity index is 1.49. The number of alkyl halides is 2. The number of benzene rings is 1. The van der Waals surface area contributed by atoms with Gasteiger partial charge in [0, 0.05) is 11.7 Å². The molecule has 0 spiro atoms. The maximum atomic E-state index is 12.1. The number of anilines is 1. The molecule has 4 atom stereocenters. The van der Waals surface area contributed by atoms with Gasteiger partial charge in [0.25, 0.3) is 0 Å². The Labute approximate surface area is 140 Å². The van der Waals surface area contributed by atoms with Gasteiger partial charge in [-0.25, -0.2) is 0 Å². The van der Waals surface area contributed by atoms with E-state index in [-0.39, 0.29) is 5.75 Å². The van der Waals surface area contributed by atoms with Crippen LogP contribution in [0.25, 0.3) is 0 Å². The van der Waals surface area contributed by atoms with Crippen LogP contribution in [0, 0.1) is 17.8 Å². The van der Waals surface area contributed by atoms with Crippen LogP contribution in [0.3, 0.4) is 0 Å². The average molecular weight is 340 g/mol. The normalized spacial score (nSPS) is 27.0. The summed E-state index contributed by atoms with van der Waals surface area (Å²) in [5.74, 6) is 2.60. The summed E-state index contributed by atoms with van der Waals surface area (Å²) in [5, 5.41) is 7.04. The summed E-state index contributed by atoms with van der Waals surface area (Å²) in [6, 6.07) is 6.70. The van der Waals surface area contributed by atoms with Crippen LogP contribution in [-0.2, 0) is 0 Å². The van der Waals surface area contributed by atoms with E-state index in [1.165, 1.54) is 37.8 Å². The van der Waals surface area contributed by atoms with E-state index in [4.69, 9.17) is 12.2 Å². The van der Waals surface area contributed by atoms with Gasteiger partial charge in [0.1, 0.15) is 5.75 Å². The number of fused-ring (bicyclic) bond motifs is 2. The SMILES string of the molecule is C[C@@H](NC(=S)Nc1ccc(OC(F)F)cc1)[C@H]1C[C@H]2CC[C@H]1C2. The van der Waals surface area contributed by atoms with E-state index in [2.05, 4.69) is 22.3 Å². The molecule has 2 bridgehead atoms. The molecule has 2 N–H and O–H groups in total. The molecule has 0 saturated heterocycles. The second-order valence-electron chi connectivity index (χ2n) is 6.63. The van der Waals surface area contributed by atoms with Gasteiger partial charge < -0.3 is 15.4 Å². The molecular weight excluding hydrogens is 318 g/mol. The van der Waals surface area contributed by atoms with Crippen molar-refractivity contribution < 1.29 is 13.5 Å². The second-order valence-corrected chi connectivity index (χ2v) is 7.04. The summed E-state index contributed by atoms with van der Waals surface area (Å²) in [6.45, 7) is -0.613. The first-order valence-electron chi connectivity index (χ1n) is 8.13. The van der Waals surface area contributed by atoms with E-state index in [1.807, 2.05) is 0 Å². The van der Waals surface area contributed by atoms with Crippen molar-refractivity contribution in [2.24, 2.45) is 17.8 Å². The number of halogens is 2. The van der Waals surface area contributed by atoms with Crippen molar-refractivity contribution in [1.29, 1.82) is 0 Å². The average Bonchev–Trinajstić information content (AvgIpc) is 3.11. The minimum Gasteiger partial charge on any atom is -0.435 e. The monoisotopic (exact) mass is 340 g/mol. The fraction of sp³-hybridized carbons (Fsp3) is 0.588. The van der Waals surface area contributed by atoms with Gasteiger partial charge >= 0.3 is 6.61 Å². The quantitative estimate of drug-likeness (QED) is 0.779. The molecule has 2 saturated carbocycles. The van der Waals surface area contributed by atoms with Crippen molar-refractivity contribution in [2.75, 3.05) is 5.32 Å². The van der Waals surface area contributed by atoms with E-state index >= 15 is 0 Å². The Kier molecular flexibility index (Phi) is 4.99. The molecule has 3 rings (SSSR count). The summed E-state index contributed by atoms with van der Waals surface area (Å²) in [6.07, 6.45) is 5.43. The molecule has 23 heavy (non-hydrogen) atoms. The first kappa shape index (κ1) is 16.4. The molecule has 126 valence electrons. The van der Waals surface area contributed by atoms with Crippen molar-refractivity contribution in [3.05, 3.63) is 24.3 Å². The molecule has 0 aliphatic heterocycles. The Morgan fingerprint density at radius 3 is 2.52 bits per heavy atom. The lowest BCUT2D eigenvalue weighted by Gasteiger charge is -2.29.